The van der Waals surface area contributed by atoms with Crippen LogP contribution >= 0.6 is 0 Å². The molecule has 0 fully saturated rings. The number of nitrogens with zero attached hydrogens (tertiary/aromatic N) is 3. The van der Waals surface area contributed by atoms with Gasteiger partial charge in [0, 0.05) is 51.1 Å². The lowest BCUT2D eigenvalue weighted by molar-refractivity contribution is 0.241. The molecule has 146 valence electrons. The Morgan fingerprint density at radius 1 is 1.19 bits per heavy atom. The monoisotopic (exact) mass is 390 g/mol. The van der Waals surface area contributed by atoms with Gasteiger partial charge in [0.05, 0.1) is 11.3 Å². The fourth-order valence-electron chi connectivity index (χ4n) is 3.43. The van der Waals surface area contributed by atoms with E-state index in [0.29, 0.717) is 24.2 Å². The van der Waals surface area contributed by atoms with Crippen LogP contribution < -0.4 is 10.5 Å². The highest BCUT2D eigenvalue weighted by Crippen LogP contribution is 2.19. The maximum Gasteiger partial charge on any atom is 0.256 e. The zero-order chi connectivity index (χ0) is 19.6. The Morgan fingerprint density at radius 2 is 1.85 bits per heavy atom. The zero-order valence-corrected chi connectivity index (χ0v) is 16.8. The van der Waals surface area contributed by atoms with E-state index in [-0.39, 0.29) is 10.7 Å². The molecule has 0 saturated carbocycles. The summed E-state index contributed by atoms with van der Waals surface area (Å²) in [4.78, 5) is 23.4. The number of rotatable bonds is 6. The summed E-state index contributed by atoms with van der Waals surface area (Å²) in [7, 11) is -3.52. The van der Waals surface area contributed by atoms with Crippen molar-refractivity contribution < 1.29 is 8.42 Å². The van der Waals surface area contributed by atoms with Crippen molar-refractivity contribution in [1.29, 1.82) is 0 Å². The third-order valence-corrected chi connectivity index (χ3v) is 5.84. The van der Waals surface area contributed by atoms with E-state index in [0.717, 1.165) is 32.4 Å². The number of sulfone groups is 1. The Morgan fingerprint density at radius 3 is 2.44 bits per heavy atom. The summed E-state index contributed by atoms with van der Waals surface area (Å²) >= 11 is 0. The minimum atomic E-state index is -3.52. The highest BCUT2D eigenvalue weighted by atomic mass is 32.2. The van der Waals surface area contributed by atoms with E-state index in [2.05, 4.69) is 57.9 Å². The average Bonchev–Trinajstić information content (AvgIpc) is 2.63. The van der Waals surface area contributed by atoms with Crippen molar-refractivity contribution in [3.05, 3.63) is 51.4 Å². The molecule has 1 aromatic carbocycles. The molecule has 0 saturated heterocycles. The normalized spacial score (nSPS) is 14.8. The number of benzene rings is 1. The second kappa shape index (κ2) is 7.82. The van der Waals surface area contributed by atoms with Crippen LogP contribution in [0.3, 0.4) is 0 Å². The molecule has 7 nitrogen and oxygen atoms in total. The summed E-state index contributed by atoms with van der Waals surface area (Å²) in [5, 5.41) is -0.244. The van der Waals surface area contributed by atoms with Crippen molar-refractivity contribution in [2.75, 3.05) is 30.8 Å². The molecular weight excluding hydrogens is 364 g/mol. The second-order valence-electron chi connectivity index (χ2n) is 6.87. The van der Waals surface area contributed by atoms with Gasteiger partial charge in [0.2, 0.25) is 15.0 Å². The van der Waals surface area contributed by atoms with Crippen LogP contribution in [0.1, 0.15) is 30.7 Å². The summed E-state index contributed by atoms with van der Waals surface area (Å²) in [6.45, 7) is 8.19. The van der Waals surface area contributed by atoms with E-state index in [9.17, 15) is 13.2 Å². The van der Waals surface area contributed by atoms with Gasteiger partial charge >= 0.3 is 0 Å². The maximum atomic E-state index is 12.3. The van der Waals surface area contributed by atoms with Gasteiger partial charge in [-0.15, -0.1) is 0 Å². The van der Waals surface area contributed by atoms with Crippen molar-refractivity contribution in [1.82, 2.24) is 14.9 Å². The molecule has 0 atom stereocenters. The molecule has 3 rings (SSSR count). The molecule has 0 radical (unpaired) electrons. The molecule has 1 aliphatic rings. The number of anilines is 1. The Balaban J connectivity index is 1.74. The van der Waals surface area contributed by atoms with Gasteiger partial charge in [-0.1, -0.05) is 12.1 Å². The van der Waals surface area contributed by atoms with Gasteiger partial charge in [-0.05, 0) is 31.5 Å². The van der Waals surface area contributed by atoms with E-state index in [1.54, 1.807) is 0 Å². The average molecular weight is 391 g/mol. The quantitative estimate of drug-likeness (QED) is 0.754. The number of fused-ring (bicyclic) bond motifs is 1. The minimum Gasteiger partial charge on any atom is -0.372 e. The molecule has 0 aliphatic carbocycles. The second-order valence-corrected chi connectivity index (χ2v) is 8.80. The molecule has 1 aromatic heterocycles. The molecule has 1 aliphatic heterocycles. The van der Waals surface area contributed by atoms with E-state index in [4.69, 9.17) is 0 Å². The SMILES string of the molecule is CCN(CC)c1ccc(CN2CCc3nc(S(C)(=O)=O)[nH]c(=O)c3C2)cc1. The van der Waals surface area contributed by atoms with E-state index < -0.39 is 9.84 Å². The predicted octanol–water partition coefficient (Wildman–Crippen LogP) is 1.58. The van der Waals surface area contributed by atoms with Crippen LogP contribution in [0.25, 0.3) is 0 Å². The van der Waals surface area contributed by atoms with Crippen LogP contribution in [0, 0.1) is 0 Å². The van der Waals surface area contributed by atoms with Gasteiger partial charge in [0.15, 0.2) is 0 Å². The first kappa shape index (κ1) is 19.6. The number of nitrogens with one attached hydrogen (secondary N) is 1. The smallest absolute Gasteiger partial charge is 0.256 e. The first-order valence-electron chi connectivity index (χ1n) is 9.20. The standard InChI is InChI=1S/C19H26N4O3S/c1-4-23(5-2)15-8-6-14(7-9-15)12-22-11-10-17-16(13-22)18(24)21-19(20-17)27(3,25)26/h6-9H,4-5,10-13H2,1-3H3,(H,20,21,24). The summed E-state index contributed by atoms with van der Waals surface area (Å²) < 4.78 is 23.3. The number of aromatic nitrogens is 2. The first-order chi connectivity index (χ1) is 12.8. The van der Waals surface area contributed by atoms with Gasteiger partial charge in [-0.25, -0.2) is 13.4 Å². The zero-order valence-electron chi connectivity index (χ0n) is 16.0. The maximum absolute atomic E-state index is 12.3. The van der Waals surface area contributed by atoms with E-state index in [1.165, 1.54) is 11.3 Å². The fourth-order valence-corrected chi connectivity index (χ4v) is 3.98. The lowest BCUT2D eigenvalue weighted by Crippen LogP contribution is -2.36. The Labute approximate surface area is 160 Å². The van der Waals surface area contributed by atoms with Crippen molar-refractivity contribution in [2.45, 2.75) is 38.5 Å². The van der Waals surface area contributed by atoms with Crippen molar-refractivity contribution >= 4 is 15.5 Å². The van der Waals surface area contributed by atoms with Crippen LogP contribution in [0.4, 0.5) is 5.69 Å². The van der Waals surface area contributed by atoms with Crippen LogP contribution in [-0.4, -0.2) is 49.2 Å². The highest BCUT2D eigenvalue weighted by molar-refractivity contribution is 7.90. The largest absolute Gasteiger partial charge is 0.372 e. The molecule has 2 heterocycles. The highest BCUT2D eigenvalue weighted by Gasteiger charge is 2.23. The molecule has 27 heavy (non-hydrogen) atoms. The van der Waals surface area contributed by atoms with Crippen LogP contribution in [0.15, 0.2) is 34.2 Å². The minimum absolute atomic E-state index is 0.244. The van der Waals surface area contributed by atoms with Gasteiger partial charge in [-0.3, -0.25) is 14.7 Å². The number of hydrogen-bond donors (Lipinski definition) is 1. The Hall–Kier alpha value is -2.19. The number of H-pyrrole nitrogens is 1. The molecule has 2 aromatic rings. The van der Waals surface area contributed by atoms with Gasteiger partial charge < -0.3 is 4.90 Å². The molecule has 0 amide bonds. The molecule has 0 bridgehead atoms. The molecule has 1 N–H and O–H groups in total. The Bertz CT molecular complexity index is 963. The van der Waals surface area contributed by atoms with Crippen molar-refractivity contribution in [2.24, 2.45) is 0 Å². The molecule has 0 unspecified atom stereocenters. The summed E-state index contributed by atoms with van der Waals surface area (Å²) in [6, 6.07) is 8.51. The third kappa shape index (κ3) is 4.39. The molecule has 0 spiro atoms. The lowest BCUT2D eigenvalue weighted by atomic mass is 10.1. The van der Waals surface area contributed by atoms with Gasteiger partial charge in [0.1, 0.15) is 0 Å². The van der Waals surface area contributed by atoms with Crippen LogP contribution in [0.2, 0.25) is 0 Å². The van der Waals surface area contributed by atoms with Gasteiger partial charge in [-0.2, -0.15) is 0 Å². The van der Waals surface area contributed by atoms with Crippen molar-refractivity contribution in [3.63, 3.8) is 0 Å². The van der Waals surface area contributed by atoms with Crippen LogP contribution in [-0.2, 0) is 29.3 Å². The molecular formula is C19H26N4O3S. The summed E-state index contributed by atoms with van der Waals surface area (Å²) in [5.74, 6) is 0. The number of hydrogen-bond acceptors (Lipinski definition) is 6. The lowest BCUT2D eigenvalue weighted by Gasteiger charge is -2.28. The topological polar surface area (TPSA) is 86.4 Å². The predicted molar refractivity (Wildman–Crippen MR) is 106 cm³/mol. The molecule has 8 heteroatoms. The van der Waals surface area contributed by atoms with E-state index >= 15 is 0 Å². The Kier molecular flexibility index (Phi) is 5.67. The van der Waals surface area contributed by atoms with Gasteiger partial charge in [0.25, 0.3) is 5.56 Å². The summed E-state index contributed by atoms with van der Waals surface area (Å²) in [5.41, 5.74) is 3.19. The third-order valence-electron chi connectivity index (χ3n) is 4.95. The van der Waals surface area contributed by atoms with E-state index in [1.807, 2.05) is 0 Å². The van der Waals surface area contributed by atoms with Crippen LogP contribution in [0.5, 0.6) is 0 Å². The number of aromatic amines is 1. The summed E-state index contributed by atoms with van der Waals surface area (Å²) in [6.07, 6.45) is 1.62. The fraction of sp³-hybridized carbons (Fsp3) is 0.474. The van der Waals surface area contributed by atoms with Crippen molar-refractivity contribution in [3.8, 4) is 0 Å². The first-order valence-corrected chi connectivity index (χ1v) is 11.1.